The number of hydrogen-bond acceptors (Lipinski definition) is 2. The second kappa shape index (κ2) is 4.01. The number of nitrogens with zero attached hydrogens (tertiary/aromatic N) is 2. The molecule has 1 heterocycles. The molecule has 0 saturated heterocycles. The molecule has 0 amide bonds. The molecule has 0 saturated carbocycles. The van der Waals surface area contributed by atoms with E-state index in [1.807, 2.05) is 36.0 Å². The fourth-order valence-corrected chi connectivity index (χ4v) is 2.24. The van der Waals surface area contributed by atoms with E-state index in [4.69, 9.17) is 0 Å². The Hall–Kier alpha value is -1.38. The molecule has 0 aliphatic rings. The van der Waals surface area contributed by atoms with Crippen molar-refractivity contribution in [3.63, 3.8) is 0 Å². The SMILES string of the molecule is Cn1cc(Br)c2ccc(CN=C=O)cc21. The van der Waals surface area contributed by atoms with Crippen LogP contribution in [0.5, 0.6) is 0 Å². The maximum Gasteiger partial charge on any atom is 0.235 e. The number of carbonyl (C=O) groups excluding carboxylic acids is 1. The zero-order valence-corrected chi connectivity index (χ0v) is 9.78. The molecule has 0 aliphatic carbocycles. The lowest BCUT2D eigenvalue weighted by molar-refractivity contribution is 0.563. The predicted molar refractivity (Wildman–Crippen MR) is 62.4 cm³/mol. The van der Waals surface area contributed by atoms with Crippen LogP contribution in [0.2, 0.25) is 0 Å². The molecular formula is C11H9BrN2O. The average Bonchev–Trinajstić information content (AvgIpc) is 2.52. The van der Waals surface area contributed by atoms with E-state index in [2.05, 4.69) is 20.9 Å². The zero-order valence-electron chi connectivity index (χ0n) is 8.20. The van der Waals surface area contributed by atoms with Gasteiger partial charge in [0.25, 0.3) is 0 Å². The van der Waals surface area contributed by atoms with Gasteiger partial charge in [-0.05, 0) is 27.6 Å². The van der Waals surface area contributed by atoms with Crippen molar-refractivity contribution >= 4 is 32.9 Å². The van der Waals surface area contributed by atoms with E-state index < -0.39 is 0 Å². The quantitative estimate of drug-likeness (QED) is 0.607. The van der Waals surface area contributed by atoms with Gasteiger partial charge in [-0.3, -0.25) is 0 Å². The van der Waals surface area contributed by atoms with E-state index in [0.717, 1.165) is 20.9 Å². The van der Waals surface area contributed by atoms with Crippen LogP contribution in [0.4, 0.5) is 0 Å². The molecule has 1 aromatic carbocycles. The number of aryl methyl sites for hydroxylation is 1. The van der Waals surface area contributed by atoms with Crippen LogP contribution in [0.1, 0.15) is 5.56 Å². The standard InChI is InChI=1S/C11H9BrN2O/c1-14-6-10(12)9-3-2-8(4-11(9)14)5-13-7-15/h2-4,6H,5H2,1H3. The zero-order chi connectivity index (χ0) is 10.8. The van der Waals surface area contributed by atoms with Gasteiger partial charge in [0, 0.05) is 28.6 Å². The molecule has 3 nitrogen and oxygen atoms in total. The summed E-state index contributed by atoms with van der Waals surface area (Å²) in [6, 6.07) is 6.02. The molecule has 0 spiro atoms. The molecule has 2 aromatic rings. The van der Waals surface area contributed by atoms with Crippen LogP contribution in [0.3, 0.4) is 0 Å². The minimum absolute atomic E-state index is 0.391. The monoisotopic (exact) mass is 264 g/mol. The van der Waals surface area contributed by atoms with Crippen molar-refractivity contribution in [2.45, 2.75) is 6.54 Å². The van der Waals surface area contributed by atoms with Gasteiger partial charge >= 0.3 is 0 Å². The third-order valence-corrected chi connectivity index (χ3v) is 2.96. The lowest BCUT2D eigenvalue weighted by atomic mass is 10.1. The third-order valence-electron chi connectivity index (χ3n) is 2.33. The number of aromatic nitrogens is 1. The Labute approximate surface area is 95.6 Å². The summed E-state index contributed by atoms with van der Waals surface area (Å²) in [6.07, 6.45) is 3.55. The number of aliphatic imine (C=N–C) groups is 1. The Balaban J connectivity index is 2.54. The van der Waals surface area contributed by atoms with Crippen molar-refractivity contribution in [1.29, 1.82) is 0 Å². The number of benzene rings is 1. The Morgan fingerprint density at radius 3 is 3.07 bits per heavy atom. The van der Waals surface area contributed by atoms with Crippen molar-refractivity contribution in [2.75, 3.05) is 0 Å². The molecule has 0 aliphatic heterocycles. The minimum Gasteiger partial charge on any atom is -0.349 e. The van der Waals surface area contributed by atoms with Gasteiger partial charge in [0.15, 0.2) is 0 Å². The van der Waals surface area contributed by atoms with Crippen molar-refractivity contribution in [3.05, 3.63) is 34.4 Å². The first-order valence-corrected chi connectivity index (χ1v) is 5.29. The van der Waals surface area contributed by atoms with Crippen LogP contribution in [-0.2, 0) is 18.4 Å². The molecule has 0 atom stereocenters. The summed E-state index contributed by atoms with van der Waals surface area (Å²) in [7, 11) is 1.99. The molecule has 0 radical (unpaired) electrons. The van der Waals surface area contributed by atoms with E-state index in [1.54, 1.807) is 6.08 Å². The lowest BCUT2D eigenvalue weighted by Gasteiger charge is -1.99. The second-order valence-electron chi connectivity index (χ2n) is 3.35. The fourth-order valence-electron chi connectivity index (χ4n) is 1.60. The van der Waals surface area contributed by atoms with Gasteiger partial charge in [-0.1, -0.05) is 12.1 Å². The second-order valence-corrected chi connectivity index (χ2v) is 4.20. The predicted octanol–water partition coefficient (Wildman–Crippen LogP) is 2.78. The molecule has 0 bridgehead atoms. The Bertz CT molecular complexity index is 553. The van der Waals surface area contributed by atoms with E-state index >= 15 is 0 Å². The maximum atomic E-state index is 10.0. The molecule has 2 rings (SSSR count). The van der Waals surface area contributed by atoms with Crippen LogP contribution < -0.4 is 0 Å². The molecule has 0 fully saturated rings. The van der Waals surface area contributed by atoms with Gasteiger partial charge in [-0.2, -0.15) is 0 Å². The van der Waals surface area contributed by atoms with Crippen molar-refractivity contribution in [1.82, 2.24) is 4.57 Å². The molecule has 4 heteroatoms. The van der Waals surface area contributed by atoms with Gasteiger partial charge < -0.3 is 4.57 Å². The number of isocyanates is 1. The van der Waals surface area contributed by atoms with Crippen molar-refractivity contribution in [3.8, 4) is 0 Å². The Morgan fingerprint density at radius 1 is 1.53 bits per heavy atom. The van der Waals surface area contributed by atoms with E-state index in [9.17, 15) is 4.79 Å². The first kappa shape index (κ1) is 10.1. The average molecular weight is 265 g/mol. The number of fused-ring (bicyclic) bond motifs is 1. The topological polar surface area (TPSA) is 34.4 Å². The normalized spacial score (nSPS) is 10.3. The highest BCUT2D eigenvalue weighted by atomic mass is 79.9. The van der Waals surface area contributed by atoms with Gasteiger partial charge in [0.1, 0.15) is 0 Å². The van der Waals surface area contributed by atoms with Crippen LogP contribution in [0.25, 0.3) is 10.9 Å². The van der Waals surface area contributed by atoms with Gasteiger partial charge in [0.05, 0.1) is 6.54 Å². The highest BCUT2D eigenvalue weighted by molar-refractivity contribution is 9.10. The van der Waals surface area contributed by atoms with Crippen LogP contribution in [-0.4, -0.2) is 10.6 Å². The van der Waals surface area contributed by atoms with Crippen LogP contribution >= 0.6 is 15.9 Å². The highest BCUT2D eigenvalue weighted by Gasteiger charge is 2.04. The number of halogens is 1. The summed E-state index contributed by atoms with van der Waals surface area (Å²) in [6.45, 7) is 0.391. The van der Waals surface area contributed by atoms with Crippen LogP contribution in [0.15, 0.2) is 33.9 Å². The summed E-state index contributed by atoms with van der Waals surface area (Å²) >= 11 is 3.49. The summed E-state index contributed by atoms with van der Waals surface area (Å²) in [5, 5.41) is 1.16. The van der Waals surface area contributed by atoms with Gasteiger partial charge in [-0.25, -0.2) is 9.79 Å². The molecule has 0 unspecified atom stereocenters. The van der Waals surface area contributed by atoms with Gasteiger partial charge in [-0.15, -0.1) is 0 Å². The van der Waals surface area contributed by atoms with E-state index in [1.165, 1.54) is 0 Å². The molecule has 0 N–H and O–H groups in total. The van der Waals surface area contributed by atoms with E-state index in [0.29, 0.717) is 6.54 Å². The highest BCUT2D eigenvalue weighted by Crippen LogP contribution is 2.26. The van der Waals surface area contributed by atoms with Gasteiger partial charge in [0.2, 0.25) is 6.08 Å². The molecule has 15 heavy (non-hydrogen) atoms. The smallest absolute Gasteiger partial charge is 0.235 e. The van der Waals surface area contributed by atoms with Crippen LogP contribution in [0, 0.1) is 0 Å². The molecular weight excluding hydrogens is 256 g/mol. The summed E-state index contributed by atoms with van der Waals surface area (Å²) < 4.78 is 3.11. The maximum absolute atomic E-state index is 10.0. The Morgan fingerprint density at radius 2 is 2.33 bits per heavy atom. The summed E-state index contributed by atoms with van der Waals surface area (Å²) in [4.78, 5) is 13.6. The molecule has 76 valence electrons. The van der Waals surface area contributed by atoms with E-state index in [-0.39, 0.29) is 0 Å². The first-order valence-electron chi connectivity index (χ1n) is 4.49. The lowest BCUT2D eigenvalue weighted by Crippen LogP contribution is -1.86. The fraction of sp³-hybridized carbons (Fsp3) is 0.182. The number of hydrogen-bond donors (Lipinski definition) is 0. The third kappa shape index (κ3) is 1.87. The Kier molecular flexibility index (Phi) is 2.71. The van der Waals surface area contributed by atoms with Crippen molar-refractivity contribution < 1.29 is 4.79 Å². The first-order chi connectivity index (χ1) is 7.22. The molecule has 1 aromatic heterocycles. The number of rotatable bonds is 2. The summed E-state index contributed by atoms with van der Waals surface area (Å²) in [5.41, 5.74) is 2.14. The summed E-state index contributed by atoms with van der Waals surface area (Å²) in [5.74, 6) is 0. The minimum atomic E-state index is 0.391. The largest absolute Gasteiger partial charge is 0.349 e. The van der Waals surface area contributed by atoms with Crippen molar-refractivity contribution in [2.24, 2.45) is 12.0 Å².